The van der Waals surface area contributed by atoms with Crippen LogP contribution in [-0.4, -0.2) is 36.2 Å². The van der Waals surface area contributed by atoms with Crippen LogP contribution in [0.15, 0.2) is 6.33 Å². The van der Waals surface area contributed by atoms with E-state index in [-0.39, 0.29) is 0 Å². The molecular weight excluding hydrogens is 204 g/mol. The lowest BCUT2D eigenvalue weighted by Gasteiger charge is -2.41. The van der Waals surface area contributed by atoms with E-state index >= 15 is 0 Å². The Morgan fingerprint density at radius 1 is 1.44 bits per heavy atom. The number of nitrogens with zero attached hydrogens (tertiary/aromatic N) is 3. The van der Waals surface area contributed by atoms with Crippen molar-refractivity contribution in [3.05, 3.63) is 6.33 Å². The first-order valence-corrected chi connectivity index (χ1v) is 5.79. The minimum Gasteiger partial charge on any atom is -0.479 e. The topological polar surface area (TPSA) is 50.3 Å². The molecule has 0 aliphatic carbocycles. The number of fused-ring (bicyclic) bond motifs is 3. The number of hydrogen-bond acceptors (Lipinski definition) is 5. The summed E-state index contributed by atoms with van der Waals surface area (Å²) in [6, 6.07) is 0.584. The minimum atomic E-state index is 0.584. The molecule has 0 amide bonds. The maximum absolute atomic E-state index is 5.25. The highest BCUT2D eigenvalue weighted by Crippen LogP contribution is 2.37. The Balaban J connectivity index is 2.01. The molecule has 3 rings (SSSR count). The predicted molar refractivity (Wildman–Crippen MR) is 62.1 cm³/mol. The molecule has 0 spiro atoms. The van der Waals surface area contributed by atoms with Gasteiger partial charge < -0.3 is 15.0 Å². The van der Waals surface area contributed by atoms with E-state index in [1.807, 2.05) is 0 Å². The zero-order valence-corrected chi connectivity index (χ0v) is 9.44. The van der Waals surface area contributed by atoms with Crippen molar-refractivity contribution in [2.24, 2.45) is 0 Å². The number of methoxy groups -OCH3 is 1. The van der Waals surface area contributed by atoms with Crippen LogP contribution >= 0.6 is 0 Å². The van der Waals surface area contributed by atoms with E-state index in [9.17, 15) is 0 Å². The number of nitrogens with one attached hydrogen (secondary N) is 1. The summed E-state index contributed by atoms with van der Waals surface area (Å²) in [7, 11) is 1.65. The first-order valence-electron chi connectivity index (χ1n) is 5.79. The average molecular weight is 220 g/mol. The zero-order valence-electron chi connectivity index (χ0n) is 9.44. The van der Waals surface area contributed by atoms with Gasteiger partial charge in [0.15, 0.2) is 5.82 Å². The van der Waals surface area contributed by atoms with Gasteiger partial charge in [0.25, 0.3) is 0 Å². The van der Waals surface area contributed by atoms with E-state index < -0.39 is 0 Å². The monoisotopic (exact) mass is 220 g/mol. The molecule has 5 heteroatoms. The Morgan fingerprint density at radius 3 is 3.25 bits per heavy atom. The molecule has 1 aromatic heterocycles. The van der Waals surface area contributed by atoms with Crippen LogP contribution in [0.1, 0.15) is 19.3 Å². The molecule has 0 bridgehead atoms. The van der Waals surface area contributed by atoms with E-state index in [1.54, 1.807) is 13.4 Å². The number of rotatable bonds is 1. The third kappa shape index (κ3) is 1.38. The van der Waals surface area contributed by atoms with Crippen molar-refractivity contribution in [3.63, 3.8) is 0 Å². The normalized spacial score (nSPS) is 23.1. The van der Waals surface area contributed by atoms with Crippen LogP contribution in [0.4, 0.5) is 11.5 Å². The molecule has 1 saturated heterocycles. The molecule has 2 aliphatic heterocycles. The third-order valence-corrected chi connectivity index (χ3v) is 3.40. The fourth-order valence-electron chi connectivity index (χ4n) is 2.60. The van der Waals surface area contributed by atoms with Crippen LogP contribution in [-0.2, 0) is 0 Å². The molecule has 16 heavy (non-hydrogen) atoms. The van der Waals surface area contributed by atoms with Gasteiger partial charge in [0.2, 0.25) is 5.88 Å². The average Bonchev–Trinajstić information content (AvgIpc) is 2.37. The summed E-state index contributed by atoms with van der Waals surface area (Å²) in [5, 5.41) is 3.39. The second kappa shape index (κ2) is 3.81. The van der Waals surface area contributed by atoms with Crippen molar-refractivity contribution in [1.82, 2.24) is 9.97 Å². The van der Waals surface area contributed by atoms with E-state index in [4.69, 9.17) is 4.74 Å². The van der Waals surface area contributed by atoms with Gasteiger partial charge in [0.1, 0.15) is 12.0 Å². The van der Waals surface area contributed by atoms with Crippen LogP contribution in [0.5, 0.6) is 5.88 Å². The summed E-state index contributed by atoms with van der Waals surface area (Å²) in [6.45, 7) is 2.07. The minimum absolute atomic E-state index is 0.584. The Kier molecular flexibility index (Phi) is 2.31. The molecule has 86 valence electrons. The molecule has 1 fully saturated rings. The quantitative estimate of drug-likeness (QED) is 0.772. The highest BCUT2D eigenvalue weighted by molar-refractivity contribution is 5.73. The number of anilines is 2. The second-order valence-corrected chi connectivity index (χ2v) is 4.31. The highest BCUT2D eigenvalue weighted by atomic mass is 16.5. The van der Waals surface area contributed by atoms with Crippen molar-refractivity contribution in [2.75, 3.05) is 30.4 Å². The lowest BCUT2D eigenvalue weighted by Crippen LogP contribution is -2.47. The van der Waals surface area contributed by atoms with Gasteiger partial charge in [0, 0.05) is 19.1 Å². The SMILES string of the molecule is COc1ncnc2c1NCC1CCCCN21. The summed E-state index contributed by atoms with van der Waals surface area (Å²) in [5.41, 5.74) is 0.947. The standard InChI is InChI=1S/C11H16N4O/c1-16-11-9-10(13-7-14-11)15-5-3-2-4-8(15)6-12-9/h7-8,12H,2-6H2,1H3. The summed E-state index contributed by atoms with van der Waals surface area (Å²) in [4.78, 5) is 10.9. The van der Waals surface area contributed by atoms with Gasteiger partial charge in [-0.1, -0.05) is 0 Å². The predicted octanol–water partition coefficient (Wildman–Crippen LogP) is 1.27. The number of aromatic nitrogens is 2. The molecule has 5 nitrogen and oxygen atoms in total. The van der Waals surface area contributed by atoms with Crippen LogP contribution in [0.3, 0.4) is 0 Å². The Bertz CT molecular complexity index is 396. The van der Waals surface area contributed by atoms with Crippen molar-refractivity contribution in [2.45, 2.75) is 25.3 Å². The highest BCUT2D eigenvalue weighted by Gasteiger charge is 2.31. The number of ether oxygens (including phenoxy) is 1. The molecule has 1 atom stereocenters. The smallest absolute Gasteiger partial charge is 0.242 e. The second-order valence-electron chi connectivity index (χ2n) is 4.31. The third-order valence-electron chi connectivity index (χ3n) is 3.40. The molecule has 1 unspecified atom stereocenters. The first-order chi connectivity index (χ1) is 7.90. The molecule has 0 saturated carbocycles. The summed E-state index contributed by atoms with van der Waals surface area (Å²) in [6.07, 6.45) is 5.40. The molecule has 3 heterocycles. The Morgan fingerprint density at radius 2 is 2.38 bits per heavy atom. The van der Waals surface area contributed by atoms with Gasteiger partial charge in [-0.05, 0) is 19.3 Å². The van der Waals surface area contributed by atoms with Gasteiger partial charge in [-0.2, -0.15) is 4.98 Å². The van der Waals surface area contributed by atoms with Gasteiger partial charge in [-0.15, -0.1) is 0 Å². The van der Waals surface area contributed by atoms with Crippen LogP contribution in [0, 0.1) is 0 Å². The van der Waals surface area contributed by atoms with Crippen molar-refractivity contribution < 1.29 is 4.74 Å². The van der Waals surface area contributed by atoms with Crippen molar-refractivity contribution in [3.8, 4) is 5.88 Å². The van der Waals surface area contributed by atoms with Gasteiger partial charge in [-0.25, -0.2) is 4.98 Å². The van der Waals surface area contributed by atoms with Gasteiger partial charge in [0.05, 0.1) is 7.11 Å². The van der Waals surface area contributed by atoms with Gasteiger partial charge >= 0.3 is 0 Å². The van der Waals surface area contributed by atoms with Crippen molar-refractivity contribution in [1.29, 1.82) is 0 Å². The first kappa shape index (κ1) is 9.69. The summed E-state index contributed by atoms with van der Waals surface area (Å²) >= 11 is 0. The molecule has 0 radical (unpaired) electrons. The maximum Gasteiger partial charge on any atom is 0.242 e. The maximum atomic E-state index is 5.25. The summed E-state index contributed by atoms with van der Waals surface area (Å²) < 4.78 is 5.25. The number of hydrogen-bond donors (Lipinski definition) is 1. The van der Waals surface area contributed by atoms with Crippen LogP contribution in [0.25, 0.3) is 0 Å². The van der Waals surface area contributed by atoms with E-state index in [1.165, 1.54) is 19.3 Å². The molecule has 0 aromatic carbocycles. The van der Waals surface area contributed by atoms with Crippen LogP contribution < -0.4 is 15.0 Å². The van der Waals surface area contributed by atoms with Crippen LogP contribution in [0.2, 0.25) is 0 Å². The lowest BCUT2D eigenvalue weighted by molar-refractivity contribution is 0.394. The Hall–Kier alpha value is -1.52. The molecule has 2 aliphatic rings. The molecule has 1 N–H and O–H groups in total. The molecule has 1 aromatic rings. The number of piperidine rings is 1. The fourth-order valence-corrected chi connectivity index (χ4v) is 2.60. The van der Waals surface area contributed by atoms with E-state index in [2.05, 4.69) is 20.2 Å². The van der Waals surface area contributed by atoms with E-state index in [0.717, 1.165) is 24.6 Å². The lowest BCUT2D eigenvalue weighted by atomic mass is 10.00. The summed E-state index contributed by atoms with van der Waals surface area (Å²) in [5.74, 6) is 1.65. The zero-order chi connectivity index (χ0) is 11.0. The molecular formula is C11H16N4O. The Labute approximate surface area is 94.8 Å². The van der Waals surface area contributed by atoms with Gasteiger partial charge in [-0.3, -0.25) is 0 Å². The van der Waals surface area contributed by atoms with E-state index in [0.29, 0.717) is 11.9 Å². The fraction of sp³-hybridized carbons (Fsp3) is 0.636. The van der Waals surface area contributed by atoms with Crippen molar-refractivity contribution >= 4 is 11.5 Å². The largest absolute Gasteiger partial charge is 0.479 e.